The molecule has 3 aromatic rings. The van der Waals surface area contributed by atoms with Crippen LogP contribution in [0.3, 0.4) is 0 Å². The van der Waals surface area contributed by atoms with Crippen molar-refractivity contribution < 1.29 is 17.9 Å². The number of amides is 1. The molecule has 2 aliphatic heterocycles. The summed E-state index contributed by atoms with van der Waals surface area (Å²) >= 11 is 1.46. The normalized spacial score (nSPS) is 19.7. The summed E-state index contributed by atoms with van der Waals surface area (Å²) < 4.78 is 34.7. The number of anilines is 1. The van der Waals surface area contributed by atoms with Crippen LogP contribution in [0.25, 0.3) is 10.2 Å². The molecule has 0 aliphatic carbocycles. The number of nitrogens with zero attached hydrogens (tertiary/aromatic N) is 3. The van der Waals surface area contributed by atoms with Crippen LogP contribution in [0, 0.1) is 0 Å². The Morgan fingerprint density at radius 3 is 2.67 bits per heavy atom. The van der Waals surface area contributed by atoms with Crippen molar-refractivity contribution in [1.82, 2.24) is 9.29 Å². The fourth-order valence-corrected chi connectivity index (χ4v) is 6.95. The lowest BCUT2D eigenvalue weighted by Gasteiger charge is -2.26. The third-order valence-corrected chi connectivity index (χ3v) is 9.16. The molecule has 2 fully saturated rings. The molecule has 2 saturated heterocycles. The van der Waals surface area contributed by atoms with Gasteiger partial charge in [-0.25, -0.2) is 13.4 Å². The van der Waals surface area contributed by atoms with E-state index in [1.165, 1.54) is 21.7 Å². The van der Waals surface area contributed by atoms with Gasteiger partial charge in [0.2, 0.25) is 10.0 Å². The van der Waals surface area contributed by atoms with Crippen LogP contribution in [0.5, 0.6) is 0 Å². The van der Waals surface area contributed by atoms with Crippen LogP contribution < -0.4 is 4.90 Å². The molecule has 5 rings (SSSR count). The molecule has 0 N–H and O–H groups in total. The number of sulfonamides is 1. The molecule has 1 aromatic heterocycles. The molecule has 1 amide bonds. The molecular formula is C24H27N3O4S2. The zero-order valence-corrected chi connectivity index (χ0v) is 20.0. The molecule has 0 radical (unpaired) electrons. The summed E-state index contributed by atoms with van der Waals surface area (Å²) in [4.78, 5) is 20.2. The van der Waals surface area contributed by atoms with E-state index in [4.69, 9.17) is 4.74 Å². The van der Waals surface area contributed by atoms with Crippen molar-refractivity contribution in [3.8, 4) is 0 Å². The molecule has 7 nitrogen and oxygen atoms in total. The first-order valence-corrected chi connectivity index (χ1v) is 13.7. The van der Waals surface area contributed by atoms with E-state index in [0.29, 0.717) is 36.9 Å². The second kappa shape index (κ2) is 9.50. The van der Waals surface area contributed by atoms with Gasteiger partial charge in [0.15, 0.2) is 5.13 Å². The number of benzene rings is 2. The Bertz CT molecular complexity index is 1210. The maximum absolute atomic E-state index is 13.7. The lowest BCUT2D eigenvalue weighted by Crippen LogP contribution is -2.38. The Hall–Kier alpha value is -2.33. The summed E-state index contributed by atoms with van der Waals surface area (Å²) in [5.41, 5.74) is 1.18. The van der Waals surface area contributed by atoms with Crippen molar-refractivity contribution in [2.75, 3.05) is 31.1 Å². The van der Waals surface area contributed by atoms with Crippen molar-refractivity contribution in [2.45, 2.75) is 43.1 Å². The van der Waals surface area contributed by atoms with E-state index in [9.17, 15) is 13.2 Å². The van der Waals surface area contributed by atoms with Crippen molar-refractivity contribution in [2.24, 2.45) is 0 Å². The van der Waals surface area contributed by atoms with Crippen LogP contribution in [-0.4, -0.2) is 56.0 Å². The number of piperidine rings is 1. The minimum Gasteiger partial charge on any atom is -0.376 e. The first-order chi connectivity index (χ1) is 16.0. The number of thiazole rings is 1. The predicted molar refractivity (Wildman–Crippen MR) is 129 cm³/mol. The van der Waals surface area contributed by atoms with Gasteiger partial charge in [-0.2, -0.15) is 4.31 Å². The largest absolute Gasteiger partial charge is 0.376 e. The van der Waals surface area contributed by atoms with Crippen LogP contribution >= 0.6 is 11.3 Å². The predicted octanol–water partition coefficient (Wildman–Crippen LogP) is 4.30. The van der Waals surface area contributed by atoms with Gasteiger partial charge in [0, 0.05) is 25.3 Å². The van der Waals surface area contributed by atoms with Gasteiger partial charge in [0.1, 0.15) is 0 Å². The smallest absolute Gasteiger partial charge is 0.260 e. The van der Waals surface area contributed by atoms with Crippen molar-refractivity contribution in [3.05, 3.63) is 54.1 Å². The maximum atomic E-state index is 13.7. The zero-order chi connectivity index (χ0) is 22.8. The van der Waals surface area contributed by atoms with Gasteiger partial charge in [-0.15, -0.1) is 0 Å². The van der Waals surface area contributed by atoms with E-state index in [1.807, 2.05) is 24.3 Å². The van der Waals surface area contributed by atoms with E-state index in [-0.39, 0.29) is 16.9 Å². The maximum Gasteiger partial charge on any atom is 0.260 e. The van der Waals surface area contributed by atoms with Crippen LogP contribution in [0.15, 0.2) is 53.4 Å². The molecule has 174 valence electrons. The highest BCUT2D eigenvalue weighted by atomic mass is 32.2. The first kappa shape index (κ1) is 22.5. The number of hydrogen-bond donors (Lipinski definition) is 0. The lowest BCUT2D eigenvalue weighted by atomic mass is 10.2. The quantitative estimate of drug-likeness (QED) is 0.520. The number of carbonyl (C=O) groups excluding carboxylic acids is 1. The van der Waals surface area contributed by atoms with E-state index in [1.54, 1.807) is 23.1 Å². The molecule has 3 heterocycles. The van der Waals surface area contributed by atoms with Gasteiger partial charge in [0.05, 0.1) is 27.8 Å². The summed E-state index contributed by atoms with van der Waals surface area (Å²) in [7, 11) is -3.63. The van der Waals surface area contributed by atoms with Crippen LogP contribution in [0.1, 0.15) is 42.5 Å². The zero-order valence-electron chi connectivity index (χ0n) is 18.4. The Kier molecular flexibility index (Phi) is 6.47. The number of rotatable bonds is 6. The van der Waals surface area contributed by atoms with E-state index < -0.39 is 10.0 Å². The van der Waals surface area contributed by atoms with Crippen LogP contribution in [-0.2, 0) is 14.8 Å². The highest BCUT2D eigenvalue weighted by molar-refractivity contribution is 7.89. The number of aromatic nitrogens is 1. The van der Waals surface area contributed by atoms with Gasteiger partial charge in [-0.05, 0) is 56.0 Å². The topological polar surface area (TPSA) is 79.8 Å². The highest BCUT2D eigenvalue weighted by Gasteiger charge is 2.30. The molecule has 0 saturated carbocycles. The Morgan fingerprint density at radius 1 is 1.09 bits per heavy atom. The number of hydrogen-bond acceptors (Lipinski definition) is 6. The fraction of sp³-hybridized carbons (Fsp3) is 0.417. The average Bonchev–Trinajstić information content (AvgIpc) is 3.52. The molecule has 0 bridgehead atoms. The monoisotopic (exact) mass is 485 g/mol. The summed E-state index contributed by atoms with van der Waals surface area (Å²) in [5, 5.41) is 0.598. The minimum atomic E-state index is -3.63. The summed E-state index contributed by atoms with van der Waals surface area (Å²) in [5.74, 6) is -0.264. The molecule has 33 heavy (non-hydrogen) atoms. The van der Waals surface area contributed by atoms with E-state index in [2.05, 4.69) is 4.98 Å². The lowest BCUT2D eigenvalue weighted by molar-refractivity contribution is 0.0917. The Balaban J connectivity index is 1.48. The average molecular weight is 486 g/mol. The van der Waals surface area contributed by atoms with Gasteiger partial charge in [-0.3, -0.25) is 9.69 Å². The SMILES string of the molecule is O=C(c1cccc(S(=O)(=O)N2CCCCC2)c1)N(CC1CCCO1)c1nc2ccccc2s1. The summed E-state index contributed by atoms with van der Waals surface area (Å²) in [6.45, 7) is 2.13. The number of para-hydroxylation sites is 1. The Morgan fingerprint density at radius 2 is 1.91 bits per heavy atom. The third kappa shape index (κ3) is 4.68. The number of carbonyl (C=O) groups is 1. The molecule has 2 aromatic carbocycles. The van der Waals surface area contributed by atoms with Gasteiger partial charge in [0.25, 0.3) is 5.91 Å². The van der Waals surface area contributed by atoms with Gasteiger partial charge < -0.3 is 4.74 Å². The molecule has 1 atom stereocenters. The molecule has 2 aliphatic rings. The summed E-state index contributed by atoms with van der Waals surface area (Å²) in [6.07, 6.45) is 4.58. The molecule has 9 heteroatoms. The van der Waals surface area contributed by atoms with Crippen LogP contribution in [0.4, 0.5) is 5.13 Å². The fourth-order valence-electron chi connectivity index (χ4n) is 4.42. The van der Waals surface area contributed by atoms with Crippen LogP contribution in [0.2, 0.25) is 0 Å². The van der Waals surface area contributed by atoms with Crippen molar-refractivity contribution >= 4 is 42.6 Å². The molecule has 0 spiro atoms. The van der Waals surface area contributed by atoms with Crippen molar-refractivity contribution in [3.63, 3.8) is 0 Å². The third-order valence-electron chi connectivity index (χ3n) is 6.20. The van der Waals surface area contributed by atoms with Gasteiger partial charge >= 0.3 is 0 Å². The highest BCUT2D eigenvalue weighted by Crippen LogP contribution is 2.31. The van der Waals surface area contributed by atoms with E-state index >= 15 is 0 Å². The number of ether oxygens (including phenoxy) is 1. The number of fused-ring (bicyclic) bond motifs is 1. The standard InChI is InChI=1S/C24H27N3O4S2/c28-23(18-8-6-10-20(16-18)33(29,30)26-13-4-1-5-14-26)27(17-19-9-7-15-31-19)24-25-21-11-2-3-12-22(21)32-24/h2-3,6,8,10-12,16,19H,1,4-5,7,9,13-15,17H2. The second-order valence-electron chi connectivity index (χ2n) is 8.51. The van der Waals surface area contributed by atoms with Gasteiger partial charge in [-0.1, -0.05) is 36.0 Å². The first-order valence-electron chi connectivity index (χ1n) is 11.4. The summed E-state index contributed by atoms with van der Waals surface area (Å²) in [6, 6.07) is 14.2. The Labute approximate surface area is 198 Å². The molecular weight excluding hydrogens is 458 g/mol. The minimum absolute atomic E-state index is 0.0544. The van der Waals surface area contributed by atoms with E-state index in [0.717, 1.165) is 42.3 Å². The molecule has 1 unspecified atom stereocenters. The van der Waals surface area contributed by atoms with Crippen molar-refractivity contribution in [1.29, 1.82) is 0 Å². The second-order valence-corrected chi connectivity index (χ2v) is 11.5.